The van der Waals surface area contributed by atoms with Crippen molar-refractivity contribution in [2.45, 2.75) is 77.8 Å². The molecule has 0 aromatic heterocycles. The van der Waals surface area contributed by atoms with E-state index < -0.39 is 42.3 Å². The molecule has 0 spiro atoms. The first-order chi connectivity index (χ1) is 11.1. The fraction of sp³-hybridized carbons (Fsp3) is 0.812. The molecule has 0 aliphatic carbocycles. The fourth-order valence-corrected chi connectivity index (χ4v) is 1.74. The molecule has 0 aromatic rings. The van der Waals surface area contributed by atoms with E-state index in [-0.39, 0.29) is 25.9 Å². The fourth-order valence-electron chi connectivity index (χ4n) is 1.74. The van der Waals surface area contributed by atoms with E-state index in [1.807, 2.05) is 0 Å². The summed E-state index contributed by atoms with van der Waals surface area (Å²) in [4.78, 5) is 34.6. The van der Waals surface area contributed by atoms with Crippen LogP contribution < -0.4 is 0 Å². The van der Waals surface area contributed by atoms with Crippen LogP contribution in [0, 0.1) is 0 Å². The monoisotopic (exact) mass is 348 g/mol. The molecular weight excluding hydrogens is 320 g/mol. The van der Waals surface area contributed by atoms with Crippen LogP contribution in [0.2, 0.25) is 0 Å². The Morgan fingerprint density at radius 2 is 1.21 bits per heavy atom. The van der Waals surface area contributed by atoms with Crippen molar-refractivity contribution in [1.82, 2.24) is 0 Å². The van der Waals surface area contributed by atoms with Crippen molar-refractivity contribution in [3.8, 4) is 0 Å². The lowest BCUT2D eigenvalue weighted by Gasteiger charge is -2.16. The molecule has 0 rings (SSSR count). The number of hydrogen-bond donors (Lipinski definition) is 2. The van der Waals surface area contributed by atoms with Crippen LogP contribution in [0.15, 0.2) is 0 Å². The van der Waals surface area contributed by atoms with Crippen LogP contribution in [0.4, 0.5) is 0 Å². The highest BCUT2D eigenvalue weighted by molar-refractivity contribution is 5.74. The number of carbonyl (C=O) groups excluding carboxylic acids is 3. The average Bonchev–Trinajstić information content (AvgIpc) is 2.35. The predicted octanol–water partition coefficient (Wildman–Crippen LogP) is 0.715. The zero-order chi connectivity index (χ0) is 18.7. The molecule has 0 radical (unpaired) electrons. The summed E-state index contributed by atoms with van der Waals surface area (Å²) in [6, 6.07) is 0. The SMILES string of the molecule is C[C@H](CC(=O)OCC[C@@H](C)O)OC(=O)C[C@@H](C)OC(=O)C[C@@H](C)O. The van der Waals surface area contributed by atoms with Gasteiger partial charge in [-0.1, -0.05) is 0 Å². The Morgan fingerprint density at radius 3 is 1.67 bits per heavy atom. The molecule has 4 atom stereocenters. The van der Waals surface area contributed by atoms with Gasteiger partial charge in [-0.25, -0.2) is 0 Å². The lowest BCUT2D eigenvalue weighted by atomic mass is 10.2. The zero-order valence-corrected chi connectivity index (χ0v) is 14.7. The second-order valence-corrected chi connectivity index (χ2v) is 5.92. The van der Waals surface area contributed by atoms with Gasteiger partial charge in [0.2, 0.25) is 0 Å². The van der Waals surface area contributed by atoms with Crippen LogP contribution in [0.5, 0.6) is 0 Å². The van der Waals surface area contributed by atoms with Crippen molar-refractivity contribution in [1.29, 1.82) is 0 Å². The van der Waals surface area contributed by atoms with Gasteiger partial charge in [-0.05, 0) is 27.7 Å². The first-order valence-electron chi connectivity index (χ1n) is 8.00. The van der Waals surface area contributed by atoms with Crippen molar-refractivity contribution in [2.24, 2.45) is 0 Å². The smallest absolute Gasteiger partial charge is 0.309 e. The maximum Gasteiger partial charge on any atom is 0.309 e. The van der Waals surface area contributed by atoms with Crippen molar-refractivity contribution < 1.29 is 38.8 Å². The van der Waals surface area contributed by atoms with Crippen LogP contribution in [0.3, 0.4) is 0 Å². The van der Waals surface area contributed by atoms with Crippen LogP contribution in [-0.2, 0) is 28.6 Å². The Hall–Kier alpha value is -1.67. The molecule has 0 fully saturated rings. The van der Waals surface area contributed by atoms with E-state index in [9.17, 15) is 14.4 Å². The van der Waals surface area contributed by atoms with E-state index >= 15 is 0 Å². The molecular formula is C16H28O8. The molecule has 0 unspecified atom stereocenters. The maximum atomic E-state index is 11.7. The zero-order valence-electron chi connectivity index (χ0n) is 14.7. The highest BCUT2D eigenvalue weighted by Crippen LogP contribution is 2.07. The van der Waals surface area contributed by atoms with Crippen LogP contribution >= 0.6 is 0 Å². The van der Waals surface area contributed by atoms with Gasteiger partial charge in [0.05, 0.1) is 38.1 Å². The Kier molecular flexibility index (Phi) is 11.0. The summed E-state index contributed by atoms with van der Waals surface area (Å²) in [7, 11) is 0. The van der Waals surface area contributed by atoms with Gasteiger partial charge in [-0.15, -0.1) is 0 Å². The summed E-state index contributed by atoms with van der Waals surface area (Å²) >= 11 is 0. The number of rotatable bonds is 11. The number of hydrogen-bond acceptors (Lipinski definition) is 8. The average molecular weight is 348 g/mol. The van der Waals surface area contributed by atoms with Gasteiger partial charge in [-0.3, -0.25) is 14.4 Å². The summed E-state index contributed by atoms with van der Waals surface area (Å²) < 4.78 is 14.9. The van der Waals surface area contributed by atoms with Crippen molar-refractivity contribution in [3.05, 3.63) is 0 Å². The second kappa shape index (κ2) is 11.8. The Balaban J connectivity index is 4.00. The summed E-state index contributed by atoms with van der Waals surface area (Å²) in [5.74, 6) is -1.72. The van der Waals surface area contributed by atoms with Crippen LogP contribution in [0.1, 0.15) is 53.4 Å². The van der Waals surface area contributed by atoms with Crippen molar-refractivity contribution >= 4 is 17.9 Å². The molecule has 0 bridgehead atoms. The molecule has 0 amide bonds. The quantitative estimate of drug-likeness (QED) is 0.414. The first-order valence-corrected chi connectivity index (χ1v) is 8.00. The molecule has 0 aliphatic heterocycles. The third-order valence-electron chi connectivity index (χ3n) is 2.83. The molecule has 0 heterocycles. The van der Waals surface area contributed by atoms with Gasteiger partial charge in [0.15, 0.2) is 0 Å². The van der Waals surface area contributed by atoms with E-state index in [1.165, 1.54) is 13.8 Å². The summed E-state index contributed by atoms with van der Waals surface area (Å²) in [6.45, 7) is 6.25. The number of aliphatic hydroxyl groups is 2. The topological polar surface area (TPSA) is 119 Å². The minimum absolute atomic E-state index is 0.0955. The number of aliphatic hydroxyl groups excluding tert-OH is 2. The van der Waals surface area contributed by atoms with Gasteiger partial charge in [-0.2, -0.15) is 0 Å². The molecule has 2 N–H and O–H groups in total. The van der Waals surface area contributed by atoms with Gasteiger partial charge in [0.25, 0.3) is 0 Å². The summed E-state index contributed by atoms with van der Waals surface area (Å²) in [5.41, 5.74) is 0. The van der Waals surface area contributed by atoms with Gasteiger partial charge < -0.3 is 24.4 Å². The number of carbonyl (C=O) groups is 3. The Bertz CT molecular complexity index is 405. The third-order valence-corrected chi connectivity index (χ3v) is 2.83. The largest absolute Gasteiger partial charge is 0.465 e. The number of esters is 3. The maximum absolute atomic E-state index is 11.7. The minimum Gasteiger partial charge on any atom is -0.465 e. The van der Waals surface area contributed by atoms with Gasteiger partial charge >= 0.3 is 17.9 Å². The number of ether oxygens (including phenoxy) is 3. The van der Waals surface area contributed by atoms with Crippen molar-refractivity contribution in [2.75, 3.05) is 6.61 Å². The van der Waals surface area contributed by atoms with Gasteiger partial charge in [0.1, 0.15) is 12.2 Å². The molecule has 0 saturated heterocycles. The van der Waals surface area contributed by atoms with E-state index in [4.69, 9.17) is 24.4 Å². The molecule has 0 saturated carbocycles. The normalized spacial score (nSPS) is 15.8. The molecule has 140 valence electrons. The molecule has 0 aromatic carbocycles. The van der Waals surface area contributed by atoms with Crippen LogP contribution in [0.25, 0.3) is 0 Å². The predicted molar refractivity (Wildman–Crippen MR) is 83.9 cm³/mol. The molecule has 8 nitrogen and oxygen atoms in total. The van der Waals surface area contributed by atoms with Crippen molar-refractivity contribution in [3.63, 3.8) is 0 Å². The Morgan fingerprint density at radius 1 is 0.750 bits per heavy atom. The third kappa shape index (κ3) is 12.8. The summed E-state index contributed by atoms with van der Waals surface area (Å²) in [6.07, 6.45) is -2.76. The highest BCUT2D eigenvalue weighted by atomic mass is 16.6. The highest BCUT2D eigenvalue weighted by Gasteiger charge is 2.19. The lowest BCUT2D eigenvalue weighted by molar-refractivity contribution is -0.159. The lowest BCUT2D eigenvalue weighted by Crippen LogP contribution is -2.25. The minimum atomic E-state index is -0.809. The molecule has 8 heteroatoms. The molecule has 0 aliphatic rings. The molecule has 24 heavy (non-hydrogen) atoms. The van der Waals surface area contributed by atoms with E-state index in [2.05, 4.69) is 0 Å². The second-order valence-electron chi connectivity index (χ2n) is 5.92. The summed E-state index contributed by atoms with van der Waals surface area (Å²) in [5, 5.41) is 18.1. The first kappa shape index (κ1) is 22.3. The Labute approximate surface area is 142 Å². The van der Waals surface area contributed by atoms with E-state index in [0.29, 0.717) is 6.42 Å². The van der Waals surface area contributed by atoms with Crippen LogP contribution in [-0.4, -0.2) is 59.1 Å². The van der Waals surface area contributed by atoms with Gasteiger partial charge in [0, 0.05) is 6.42 Å². The standard InChI is InChI=1S/C16H28O8/c1-10(17)5-6-22-14(19)8-12(3)24-16(21)9-13(4)23-15(20)7-11(2)18/h10-13,17-18H,5-9H2,1-4H3/t10-,11-,12-,13-/m1/s1. The van der Waals surface area contributed by atoms with E-state index in [1.54, 1.807) is 13.8 Å². The van der Waals surface area contributed by atoms with E-state index in [0.717, 1.165) is 0 Å².